The van der Waals surface area contributed by atoms with E-state index >= 15 is 0 Å². The molecule has 1 aromatic rings. The van der Waals surface area contributed by atoms with Crippen molar-refractivity contribution in [2.75, 3.05) is 0 Å². The zero-order valence-electron chi connectivity index (χ0n) is 9.94. The Morgan fingerprint density at radius 3 is 2.69 bits per heavy atom. The first-order chi connectivity index (χ1) is 7.78. The van der Waals surface area contributed by atoms with E-state index in [1.165, 1.54) is 18.4 Å². The van der Waals surface area contributed by atoms with Crippen LogP contribution in [0.3, 0.4) is 0 Å². The van der Waals surface area contributed by atoms with Gasteiger partial charge in [0, 0.05) is 35.8 Å². The third kappa shape index (κ3) is 3.76. The average molecular weight is 237 g/mol. The topological polar surface area (TPSA) is 37.8 Å². The molecule has 4 heteroatoms. The lowest BCUT2D eigenvalue weighted by molar-refractivity contribution is 0.680. The average Bonchev–Trinajstić information content (AvgIpc) is 3.12. The third-order valence-electron chi connectivity index (χ3n) is 2.74. The molecule has 1 saturated carbocycles. The molecule has 2 rings (SSSR count). The summed E-state index contributed by atoms with van der Waals surface area (Å²) in [5.41, 5.74) is 1.18. The second-order valence-electron chi connectivity index (χ2n) is 4.37. The van der Waals surface area contributed by atoms with Crippen LogP contribution in [0.15, 0.2) is 17.6 Å². The standard InChI is InChI=1S/C12H19N3S/c1-3-9(2)16-12-14-7-10(8-15-12)6-13-11-4-5-11/h7-9,11,13H,3-6H2,1-2H3. The van der Waals surface area contributed by atoms with Gasteiger partial charge in [0.05, 0.1) is 0 Å². The quantitative estimate of drug-likeness (QED) is 0.609. The van der Waals surface area contributed by atoms with Gasteiger partial charge in [0.25, 0.3) is 0 Å². The van der Waals surface area contributed by atoms with Gasteiger partial charge in [-0.2, -0.15) is 0 Å². The monoisotopic (exact) mass is 237 g/mol. The van der Waals surface area contributed by atoms with Crippen molar-refractivity contribution in [3.8, 4) is 0 Å². The number of nitrogens with zero attached hydrogens (tertiary/aromatic N) is 2. The molecule has 0 radical (unpaired) electrons. The van der Waals surface area contributed by atoms with Crippen molar-refractivity contribution < 1.29 is 0 Å². The summed E-state index contributed by atoms with van der Waals surface area (Å²) in [4.78, 5) is 8.75. The summed E-state index contributed by atoms with van der Waals surface area (Å²) in [6, 6.07) is 0.745. The van der Waals surface area contributed by atoms with Gasteiger partial charge in [0.15, 0.2) is 5.16 Å². The molecule has 0 amide bonds. The summed E-state index contributed by atoms with van der Waals surface area (Å²) in [6.07, 6.45) is 7.67. The van der Waals surface area contributed by atoms with Crippen LogP contribution in [0, 0.1) is 0 Å². The first kappa shape index (κ1) is 11.9. The SMILES string of the molecule is CCC(C)Sc1ncc(CNC2CC2)cn1. The fourth-order valence-corrected chi connectivity index (χ4v) is 2.06. The Kier molecular flexibility index (Phi) is 4.18. The van der Waals surface area contributed by atoms with Crippen LogP contribution in [0.2, 0.25) is 0 Å². The number of hydrogen-bond donors (Lipinski definition) is 1. The zero-order valence-corrected chi connectivity index (χ0v) is 10.8. The molecular formula is C12H19N3S. The van der Waals surface area contributed by atoms with Crippen molar-refractivity contribution >= 4 is 11.8 Å². The number of nitrogens with one attached hydrogen (secondary N) is 1. The van der Waals surface area contributed by atoms with E-state index in [2.05, 4.69) is 29.1 Å². The summed E-state index contributed by atoms with van der Waals surface area (Å²) >= 11 is 1.75. The summed E-state index contributed by atoms with van der Waals surface area (Å²) in [6.45, 7) is 5.29. The molecule has 1 fully saturated rings. The van der Waals surface area contributed by atoms with Gasteiger partial charge in [-0.25, -0.2) is 9.97 Å². The number of hydrogen-bond acceptors (Lipinski definition) is 4. The molecule has 16 heavy (non-hydrogen) atoms. The van der Waals surface area contributed by atoms with Crippen molar-refractivity contribution in [2.45, 2.75) is 56.1 Å². The molecule has 88 valence electrons. The smallest absolute Gasteiger partial charge is 0.187 e. The van der Waals surface area contributed by atoms with E-state index in [4.69, 9.17) is 0 Å². The Morgan fingerprint density at radius 1 is 1.44 bits per heavy atom. The largest absolute Gasteiger partial charge is 0.310 e. The highest BCUT2D eigenvalue weighted by Crippen LogP contribution is 2.21. The van der Waals surface area contributed by atoms with Crippen molar-refractivity contribution in [3.63, 3.8) is 0 Å². The Bertz CT molecular complexity index is 322. The highest BCUT2D eigenvalue weighted by Gasteiger charge is 2.19. The molecule has 0 aromatic carbocycles. The highest BCUT2D eigenvalue weighted by atomic mass is 32.2. The Morgan fingerprint density at radius 2 is 2.12 bits per heavy atom. The van der Waals surface area contributed by atoms with Crippen molar-refractivity contribution in [2.24, 2.45) is 0 Å². The molecule has 0 aliphatic heterocycles. The van der Waals surface area contributed by atoms with Gasteiger partial charge >= 0.3 is 0 Å². The molecular weight excluding hydrogens is 218 g/mol. The van der Waals surface area contributed by atoms with Crippen molar-refractivity contribution in [3.05, 3.63) is 18.0 Å². The lowest BCUT2D eigenvalue weighted by atomic mass is 10.3. The maximum atomic E-state index is 4.38. The van der Waals surface area contributed by atoms with Gasteiger partial charge in [0.1, 0.15) is 0 Å². The molecule has 1 unspecified atom stereocenters. The van der Waals surface area contributed by atoms with E-state index in [1.807, 2.05) is 12.4 Å². The van der Waals surface area contributed by atoms with Crippen LogP contribution in [0.25, 0.3) is 0 Å². The fraction of sp³-hybridized carbons (Fsp3) is 0.667. The minimum absolute atomic E-state index is 0.593. The Balaban J connectivity index is 1.82. The number of rotatable bonds is 6. The van der Waals surface area contributed by atoms with Gasteiger partial charge in [-0.15, -0.1) is 0 Å². The first-order valence-electron chi connectivity index (χ1n) is 5.99. The number of aromatic nitrogens is 2. The molecule has 0 bridgehead atoms. The van der Waals surface area contributed by atoms with E-state index in [1.54, 1.807) is 11.8 Å². The van der Waals surface area contributed by atoms with Crippen LogP contribution in [-0.2, 0) is 6.54 Å². The molecule has 0 spiro atoms. The van der Waals surface area contributed by atoms with Gasteiger partial charge in [-0.05, 0) is 19.3 Å². The van der Waals surface area contributed by atoms with Crippen LogP contribution >= 0.6 is 11.8 Å². The lowest BCUT2D eigenvalue weighted by Crippen LogP contribution is -2.15. The lowest BCUT2D eigenvalue weighted by Gasteiger charge is -2.07. The maximum absolute atomic E-state index is 4.38. The predicted octanol–water partition coefficient (Wildman–Crippen LogP) is 2.62. The van der Waals surface area contributed by atoms with E-state index in [9.17, 15) is 0 Å². The van der Waals surface area contributed by atoms with Crippen molar-refractivity contribution in [1.29, 1.82) is 0 Å². The molecule has 1 aromatic heterocycles. The number of thioether (sulfide) groups is 1. The van der Waals surface area contributed by atoms with Crippen LogP contribution < -0.4 is 5.32 Å². The molecule has 1 N–H and O–H groups in total. The van der Waals surface area contributed by atoms with Gasteiger partial charge in [0.2, 0.25) is 0 Å². The molecule has 3 nitrogen and oxygen atoms in total. The second-order valence-corrected chi connectivity index (χ2v) is 5.77. The zero-order chi connectivity index (χ0) is 11.4. The normalized spacial score (nSPS) is 17.4. The van der Waals surface area contributed by atoms with Crippen LogP contribution in [-0.4, -0.2) is 21.3 Å². The maximum Gasteiger partial charge on any atom is 0.187 e. The van der Waals surface area contributed by atoms with E-state index < -0.39 is 0 Å². The summed E-state index contributed by atoms with van der Waals surface area (Å²) in [5, 5.41) is 4.94. The second kappa shape index (κ2) is 5.64. The minimum Gasteiger partial charge on any atom is -0.310 e. The van der Waals surface area contributed by atoms with Gasteiger partial charge < -0.3 is 5.32 Å². The van der Waals surface area contributed by atoms with E-state index in [0.29, 0.717) is 5.25 Å². The van der Waals surface area contributed by atoms with E-state index in [-0.39, 0.29) is 0 Å². The first-order valence-corrected chi connectivity index (χ1v) is 6.87. The third-order valence-corrected chi connectivity index (χ3v) is 3.89. The summed E-state index contributed by atoms with van der Waals surface area (Å²) in [7, 11) is 0. The minimum atomic E-state index is 0.593. The molecule has 0 saturated heterocycles. The van der Waals surface area contributed by atoms with E-state index in [0.717, 1.165) is 24.2 Å². The molecule has 1 heterocycles. The highest BCUT2D eigenvalue weighted by molar-refractivity contribution is 7.99. The molecule has 1 aliphatic carbocycles. The predicted molar refractivity (Wildman–Crippen MR) is 67.5 cm³/mol. The van der Waals surface area contributed by atoms with Gasteiger partial charge in [-0.1, -0.05) is 25.6 Å². The molecule has 1 aliphatic rings. The molecule has 1 atom stereocenters. The summed E-state index contributed by atoms with van der Waals surface area (Å²) in [5.74, 6) is 0. The van der Waals surface area contributed by atoms with Gasteiger partial charge in [-0.3, -0.25) is 0 Å². The Labute approximate surface area is 101 Å². The van der Waals surface area contributed by atoms with Crippen LogP contribution in [0.5, 0.6) is 0 Å². The fourth-order valence-electron chi connectivity index (χ4n) is 1.31. The summed E-state index contributed by atoms with van der Waals surface area (Å²) < 4.78 is 0. The van der Waals surface area contributed by atoms with Crippen LogP contribution in [0.4, 0.5) is 0 Å². The Hall–Kier alpha value is -0.610. The van der Waals surface area contributed by atoms with Crippen molar-refractivity contribution in [1.82, 2.24) is 15.3 Å². The van der Waals surface area contributed by atoms with Crippen LogP contribution in [0.1, 0.15) is 38.7 Å².